The number of nitrogens with zero attached hydrogens (tertiary/aromatic N) is 1. The molecule has 0 aliphatic carbocycles. The minimum atomic E-state index is -4.00. The predicted octanol–water partition coefficient (Wildman–Crippen LogP) is 5.35. The fourth-order valence-corrected chi connectivity index (χ4v) is 4.17. The first-order valence-electron chi connectivity index (χ1n) is 9.37. The van der Waals surface area contributed by atoms with Crippen LogP contribution in [0.1, 0.15) is 5.56 Å². The van der Waals surface area contributed by atoms with E-state index in [2.05, 4.69) is 10.0 Å². The lowest BCUT2D eigenvalue weighted by atomic mass is 10.1. The first-order chi connectivity index (χ1) is 15.7. The molecule has 33 heavy (non-hydrogen) atoms. The summed E-state index contributed by atoms with van der Waals surface area (Å²) in [6.45, 7) is 0. The van der Waals surface area contributed by atoms with Crippen LogP contribution in [0.3, 0.4) is 0 Å². The number of hydrogen-bond donors (Lipinski definition) is 2. The number of sulfonamides is 1. The second kappa shape index (κ2) is 10.4. The Balaban J connectivity index is 1.84. The third kappa shape index (κ3) is 6.26. The molecule has 0 saturated carbocycles. The molecule has 0 spiro atoms. The molecule has 10 heteroatoms. The molecule has 2 N–H and O–H groups in total. The first-order valence-corrected chi connectivity index (χ1v) is 11.6. The number of amides is 1. The first kappa shape index (κ1) is 24.1. The van der Waals surface area contributed by atoms with Crippen molar-refractivity contribution in [1.82, 2.24) is 0 Å². The summed E-state index contributed by atoms with van der Waals surface area (Å²) in [5, 5.41) is 12.4. The maximum Gasteiger partial charge on any atom is 0.266 e. The largest absolute Gasteiger partial charge is 0.497 e. The number of carbonyl (C=O) groups is 1. The molecule has 3 aromatic carbocycles. The van der Waals surface area contributed by atoms with Gasteiger partial charge in [0.1, 0.15) is 17.4 Å². The number of hydrogen-bond acceptors (Lipinski definition) is 5. The van der Waals surface area contributed by atoms with Crippen LogP contribution in [0.15, 0.2) is 77.2 Å². The van der Waals surface area contributed by atoms with E-state index in [0.717, 1.165) is 0 Å². The van der Waals surface area contributed by atoms with Crippen LogP contribution >= 0.6 is 23.2 Å². The van der Waals surface area contributed by atoms with Gasteiger partial charge in [-0.3, -0.25) is 9.52 Å². The summed E-state index contributed by atoms with van der Waals surface area (Å²) < 4.78 is 33.0. The molecule has 0 saturated heterocycles. The molecule has 0 aliphatic heterocycles. The van der Waals surface area contributed by atoms with E-state index >= 15 is 0 Å². The lowest BCUT2D eigenvalue weighted by Crippen LogP contribution is -2.16. The van der Waals surface area contributed by atoms with E-state index in [0.29, 0.717) is 16.3 Å². The molecule has 7 nitrogen and oxygen atoms in total. The van der Waals surface area contributed by atoms with E-state index < -0.39 is 15.9 Å². The number of methoxy groups -OCH3 is 1. The standard InChI is InChI=1S/C23H17Cl2N3O4S/c1-32-19-7-5-15(6-8-19)11-16(14-26)23(29)27-22-13-20(9-10-21(22)25)33(30,31)28-18-4-2-3-17(24)12-18/h2-13,28H,1H3,(H,27,29)/b16-11-. The Morgan fingerprint density at radius 3 is 2.42 bits per heavy atom. The van der Waals surface area contributed by atoms with Crippen LogP contribution in [0.5, 0.6) is 5.75 Å². The summed E-state index contributed by atoms with van der Waals surface area (Å²) in [6, 6.07) is 18.6. The van der Waals surface area contributed by atoms with Crippen molar-refractivity contribution in [3.05, 3.63) is 87.9 Å². The van der Waals surface area contributed by atoms with E-state index in [-0.39, 0.29) is 26.9 Å². The quantitative estimate of drug-likeness (QED) is 0.335. The van der Waals surface area contributed by atoms with Gasteiger partial charge in [-0.25, -0.2) is 8.42 Å². The lowest BCUT2D eigenvalue weighted by Gasteiger charge is -2.12. The van der Waals surface area contributed by atoms with Gasteiger partial charge in [0.2, 0.25) is 0 Å². The molecule has 0 heterocycles. The molecule has 168 valence electrons. The number of nitriles is 1. The van der Waals surface area contributed by atoms with Crippen LogP contribution in [0.4, 0.5) is 11.4 Å². The number of ether oxygens (including phenoxy) is 1. The average molecular weight is 502 g/mol. The van der Waals surface area contributed by atoms with E-state index in [1.54, 1.807) is 42.5 Å². The van der Waals surface area contributed by atoms with Crippen molar-refractivity contribution in [3.63, 3.8) is 0 Å². The van der Waals surface area contributed by atoms with Gasteiger partial charge in [0.25, 0.3) is 15.9 Å². The topological polar surface area (TPSA) is 108 Å². The predicted molar refractivity (Wildman–Crippen MR) is 129 cm³/mol. The minimum Gasteiger partial charge on any atom is -0.497 e. The van der Waals surface area contributed by atoms with Gasteiger partial charge in [-0.2, -0.15) is 5.26 Å². The van der Waals surface area contributed by atoms with Crippen LogP contribution in [0, 0.1) is 11.3 Å². The Kier molecular flexibility index (Phi) is 7.61. The van der Waals surface area contributed by atoms with E-state index in [4.69, 9.17) is 27.9 Å². The maximum atomic E-state index is 12.8. The van der Waals surface area contributed by atoms with Gasteiger partial charge in [0.05, 0.1) is 28.4 Å². The molecule has 0 aromatic heterocycles. The normalized spacial score (nSPS) is 11.4. The van der Waals surface area contributed by atoms with Gasteiger partial charge in [-0.1, -0.05) is 41.4 Å². The van der Waals surface area contributed by atoms with Crippen LogP contribution in [-0.4, -0.2) is 21.4 Å². The van der Waals surface area contributed by atoms with Crippen LogP contribution in [0.2, 0.25) is 10.0 Å². The molecule has 0 radical (unpaired) electrons. The highest BCUT2D eigenvalue weighted by molar-refractivity contribution is 7.92. The molecule has 3 aromatic rings. The molecule has 0 fully saturated rings. The van der Waals surface area contributed by atoms with Crippen LogP contribution < -0.4 is 14.8 Å². The van der Waals surface area contributed by atoms with Gasteiger partial charge in [0, 0.05) is 5.02 Å². The number of anilines is 2. The Morgan fingerprint density at radius 2 is 1.79 bits per heavy atom. The second-order valence-electron chi connectivity index (χ2n) is 6.65. The second-order valence-corrected chi connectivity index (χ2v) is 9.18. The lowest BCUT2D eigenvalue weighted by molar-refractivity contribution is -0.112. The number of rotatable bonds is 7. The highest BCUT2D eigenvalue weighted by Gasteiger charge is 2.18. The molecule has 0 aliphatic rings. The summed E-state index contributed by atoms with van der Waals surface area (Å²) in [6.07, 6.45) is 1.39. The van der Waals surface area contributed by atoms with Crippen molar-refractivity contribution >= 4 is 56.6 Å². The Hall–Kier alpha value is -3.51. The van der Waals surface area contributed by atoms with Gasteiger partial charge in [-0.15, -0.1) is 0 Å². The Labute approximate surface area is 201 Å². The van der Waals surface area contributed by atoms with Crippen molar-refractivity contribution < 1.29 is 17.9 Å². The summed E-state index contributed by atoms with van der Waals surface area (Å²) in [5.41, 5.74) is 0.723. The van der Waals surface area contributed by atoms with E-state index in [1.807, 2.05) is 6.07 Å². The summed E-state index contributed by atoms with van der Waals surface area (Å²) in [5.74, 6) is -0.112. The smallest absolute Gasteiger partial charge is 0.266 e. The molecule has 1 amide bonds. The number of carbonyl (C=O) groups excluding carboxylic acids is 1. The molecule has 0 unspecified atom stereocenters. The summed E-state index contributed by atoms with van der Waals surface area (Å²) >= 11 is 12.1. The van der Waals surface area contributed by atoms with Crippen LogP contribution in [-0.2, 0) is 14.8 Å². The zero-order chi connectivity index (χ0) is 24.0. The van der Waals surface area contributed by atoms with Crippen molar-refractivity contribution in [3.8, 4) is 11.8 Å². The summed E-state index contributed by atoms with van der Waals surface area (Å²) in [7, 11) is -2.47. The van der Waals surface area contributed by atoms with Gasteiger partial charge >= 0.3 is 0 Å². The van der Waals surface area contributed by atoms with Crippen LogP contribution in [0.25, 0.3) is 6.08 Å². The third-order valence-corrected chi connectivity index (χ3v) is 6.31. The highest BCUT2D eigenvalue weighted by atomic mass is 35.5. The average Bonchev–Trinajstić information content (AvgIpc) is 2.78. The van der Waals surface area contributed by atoms with Crippen molar-refractivity contribution in [2.75, 3.05) is 17.1 Å². The Morgan fingerprint density at radius 1 is 1.06 bits per heavy atom. The van der Waals surface area contributed by atoms with E-state index in [1.165, 1.54) is 37.5 Å². The zero-order valence-corrected chi connectivity index (χ0v) is 19.5. The zero-order valence-electron chi connectivity index (χ0n) is 17.2. The maximum absolute atomic E-state index is 12.8. The molecular formula is C23H17Cl2N3O4S. The fraction of sp³-hybridized carbons (Fsp3) is 0.0435. The number of benzene rings is 3. The minimum absolute atomic E-state index is 0.0338. The van der Waals surface area contributed by atoms with Crippen molar-refractivity contribution in [2.24, 2.45) is 0 Å². The van der Waals surface area contributed by atoms with Gasteiger partial charge in [-0.05, 0) is 60.2 Å². The SMILES string of the molecule is COc1ccc(/C=C(/C#N)C(=O)Nc2cc(S(=O)(=O)Nc3cccc(Cl)c3)ccc2Cl)cc1. The number of halogens is 2. The Bertz CT molecular complexity index is 1370. The van der Waals surface area contributed by atoms with Gasteiger partial charge in [0.15, 0.2) is 0 Å². The fourth-order valence-electron chi connectivity index (χ4n) is 2.74. The molecular weight excluding hydrogens is 485 g/mol. The van der Waals surface area contributed by atoms with Gasteiger partial charge < -0.3 is 10.1 Å². The molecule has 0 bridgehead atoms. The third-order valence-electron chi connectivity index (χ3n) is 4.37. The van der Waals surface area contributed by atoms with Crippen molar-refractivity contribution in [2.45, 2.75) is 4.90 Å². The van der Waals surface area contributed by atoms with E-state index in [9.17, 15) is 18.5 Å². The number of nitrogens with one attached hydrogen (secondary N) is 2. The summed E-state index contributed by atoms with van der Waals surface area (Å²) in [4.78, 5) is 12.5. The molecule has 0 atom stereocenters. The van der Waals surface area contributed by atoms with Crippen molar-refractivity contribution in [1.29, 1.82) is 5.26 Å². The monoisotopic (exact) mass is 501 g/mol. The molecule has 3 rings (SSSR count). The highest BCUT2D eigenvalue weighted by Crippen LogP contribution is 2.27.